The van der Waals surface area contributed by atoms with Crippen LogP contribution in [0.1, 0.15) is 25.0 Å². The highest BCUT2D eigenvalue weighted by Crippen LogP contribution is 2.20. The van der Waals surface area contributed by atoms with Gasteiger partial charge in [-0.05, 0) is 56.6 Å². The molecule has 1 heterocycles. The minimum Gasteiger partial charge on any atom is -0.491 e. The maximum absolute atomic E-state index is 11.1. The van der Waals surface area contributed by atoms with Gasteiger partial charge in [0.15, 0.2) is 4.77 Å². The van der Waals surface area contributed by atoms with Crippen molar-refractivity contribution in [3.63, 3.8) is 0 Å². The Kier molecular flexibility index (Phi) is 4.96. The lowest BCUT2D eigenvalue weighted by molar-refractivity contribution is 0.240. The van der Waals surface area contributed by atoms with E-state index >= 15 is 0 Å². The van der Waals surface area contributed by atoms with Crippen LogP contribution in [0.5, 0.6) is 5.75 Å². The summed E-state index contributed by atoms with van der Waals surface area (Å²) in [5, 5.41) is 0. The molecule has 0 saturated heterocycles. The van der Waals surface area contributed by atoms with E-state index in [9.17, 15) is 4.79 Å². The van der Waals surface area contributed by atoms with Crippen LogP contribution in [0, 0.1) is 11.7 Å². The predicted octanol–water partition coefficient (Wildman–Crippen LogP) is 3.24. The van der Waals surface area contributed by atoms with Crippen LogP contribution in [0.4, 0.5) is 0 Å². The molecule has 0 atom stereocenters. The van der Waals surface area contributed by atoms with Crippen LogP contribution in [0.25, 0.3) is 0 Å². The zero-order valence-corrected chi connectivity index (χ0v) is 13.4. The topological polar surface area (TPSA) is 47.0 Å². The molecule has 1 N–H and O–H groups in total. The summed E-state index contributed by atoms with van der Waals surface area (Å²) >= 11 is 5.14. The Labute approximate surface area is 129 Å². The lowest BCUT2D eigenvalue weighted by Crippen LogP contribution is -2.12. The third kappa shape index (κ3) is 4.29. The molecule has 0 aliphatic rings. The number of benzene rings is 1. The normalized spacial score (nSPS) is 10.9. The molecule has 0 amide bonds. The molecule has 1 aromatic carbocycles. The van der Waals surface area contributed by atoms with Crippen LogP contribution in [-0.4, -0.2) is 15.7 Å². The quantitative estimate of drug-likeness (QED) is 0.863. The molecular weight excluding hydrogens is 284 g/mol. The lowest BCUT2D eigenvalue weighted by atomic mass is 10.1. The van der Waals surface area contributed by atoms with E-state index in [1.54, 1.807) is 6.20 Å². The summed E-state index contributed by atoms with van der Waals surface area (Å²) in [6, 6.07) is 7.70. The largest absolute Gasteiger partial charge is 0.491 e. The molecule has 0 aliphatic heterocycles. The van der Waals surface area contributed by atoms with E-state index in [0.717, 1.165) is 24.3 Å². The van der Waals surface area contributed by atoms with Gasteiger partial charge < -0.3 is 9.30 Å². The first-order chi connectivity index (χ1) is 9.95. The standard InChI is InChI=1S/C16H20N2O2S/c1-11(2)20-14-5-4-13(10-12(14)3)6-8-18-9-7-15(19)17-16(18)21/h4-5,7,9-11H,6,8H2,1-3H3,(H,17,19,21). The van der Waals surface area contributed by atoms with Gasteiger partial charge in [-0.1, -0.05) is 12.1 Å². The number of hydrogen-bond acceptors (Lipinski definition) is 3. The van der Waals surface area contributed by atoms with E-state index in [4.69, 9.17) is 17.0 Å². The Morgan fingerprint density at radius 1 is 1.33 bits per heavy atom. The minimum atomic E-state index is -0.165. The number of nitrogens with zero attached hydrogens (tertiary/aromatic N) is 1. The van der Waals surface area contributed by atoms with Gasteiger partial charge in [0.1, 0.15) is 5.75 Å². The number of H-pyrrole nitrogens is 1. The molecule has 0 bridgehead atoms. The van der Waals surface area contributed by atoms with Gasteiger partial charge >= 0.3 is 0 Å². The summed E-state index contributed by atoms with van der Waals surface area (Å²) in [5.41, 5.74) is 2.19. The summed E-state index contributed by atoms with van der Waals surface area (Å²) in [4.78, 5) is 13.8. The Balaban J connectivity index is 2.08. The van der Waals surface area contributed by atoms with E-state index in [2.05, 4.69) is 17.1 Å². The third-order valence-corrected chi connectivity index (χ3v) is 3.48. The van der Waals surface area contributed by atoms with Crippen LogP contribution in [0.15, 0.2) is 35.3 Å². The molecule has 21 heavy (non-hydrogen) atoms. The number of hydrogen-bond donors (Lipinski definition) is 1. The SMILES string of the molecule is Cc1cc(CCn2ccc(=O)[nH]c2=S)ccc1OC(C)C. The molecule has 0 radical (unpaired) electrons. The fraction of sp³-hybridized carbons (Fsp3) is 0.375. The summed E-state index contributed by atoms with van der Waals surface area (Å²) < 4.78 is 8.06. The van der Waals surface area contributed by atoms with E-state index in [-0.39, 0.29) is 11.7 Å². The van der Waals surface area contributed by atoms with Gasteiger partial charge in [-0.3, -0.25) is 9.78 Å². The van der Waals surface area contributed by atoms with Gasteiger partial charge in [0, 0.05) is 18.8 Å². The van der Waals surface area contributed by atoms with E-state index in [1.165, 1.54) is 11.6 Å². The monoisotopic (exact) mass is 304 g/mol. The molecule has 112 valence electrons. The van der Waals surface area contributed by atoms with Gasteiger partial charge in [-0.2, -0.15) is 0 Å². The first-order valence-corrected chi connectivity index (χ1v) is 7.42. The van der Waals surface area contributed by atoms with Crippen LogP contribution in [0.3, 0.4) is 0 Å². The second-order valence-corrected chi connectivity index (χ2v) is 5.71. The fourth-order valence-corrected chi connectivity index (χ4v) is 2.38. The average Bonchev–Trinajstić information content (AvgIpc) is 2.40. The molecule has 2 aromatic rings. The second kappa shape index (κ2) is 6.72. The Bertz CT molecular complexity index is 732. The van der Waals surface area contributed by atoms with Crippen molar-refractivity contribution in [1.29, 1.82) is 0 Å². The van der Waals surface area contributed by atoms with E-state index < -0.39 is 0 Å². The summed E-state index contributed by atoms with van der Waals surface area (Å²) in [7, 11) is 0. The molecule has 0 saturated carbocycles. The molecule has 1 aromatic heterocycles. The summed E-state index contributed by atoms with van der Waals surface area (Å²) in [6.45, 7) is 6.82. The summed E-state index contributed by atoms with van der Waals surface area (Å²) in [6.07, 6.45) is 2.75. The van der Waals surface area contributed by atoms with Gasteiger partial charge in [0.05, 0.1) is 6.10 Å². The van der Waals surface area contributed by atoms with Gasteiger partial charge in [0.2, 0.25) is 0 Å². The van der Waals surface area contributed by atoms with Crippen molar-refractivity contribution in [2.45, 2.75) is 39.8 Å². The highest BCUT2D eigenvalue weighted by Gasteiger charge is 2.04. The smallest absolute Gasteiger partial charge is 0.251 e. The van der Waals surface area contributed by atoms with Crippen molar-refractivity contribution in [2.75, 3.05) is 0 Å². The Morgan fingerprint density at radius 2 is 2.10 bits per heavy atom. The second-order valence-electron chi connectivity index (χ2n) is 5.32. The minimum absolute atomic E-state index is 0.165. The number of nitrogens with one attached hydrogen (secondary N) is 1. The number of aromatic nitrogens is 2. The number of aromatic amines is 1. The van der Waals surface area contributed by atoms with Crippen LogP contribution in [-0.2, 0) is 13.0 Å². The lowest BCUT2D eigenvalue weighted by Gasteiger charge is -2.13. The van der Waals surface area contributed by atoms with Crippen molar-refractivity contribution in [1.82, 2.24) is 9.55 Å². The molecule has 4 nitrogen and oxygen atoms in total. The molecular formula is C16H20N2O2S. The van der Waals surface area contributed by atoms with Gasteiger partial charge in [-0.15, -0.1) is 0 Å². The molecule has 0 unspecified atom stereocenters. The van der Waals surface area contributed by atoms with Gasteiger partial charge in [-0.25, -0.2) is 0 Å². The molecule has 5 heteroatoms. The first kappa shape index (κ1) is 15.5. The third-order valence-electron chi connectivity index (χ3n) is 3.14. The number of rotatable bonds is 5. The first-order valence-electron chi connectivity index (χ1n) is 7.01. The Hall–Kier alpha value is -1.88. The van der Waals surface area contributed by atoms with Gasteiger partial charge in [0.25, 0.3) is 5.56 Å². The number of aryl methyl sites for hydroxylation is 3. The van der Waals surface area contributed by atoms with Crippen LogP contribution >= 0.6 is 12.2 Å². The highest BCUT2D eigenvalue weighted by atomic mass is 32.1. The van der Waals surface area contributed by atoms with Crippen LogP contribution in [0.2, 0.25) is 0 Å². The van der Waals surface area contributed by atoms with E-state index in [1.807, 2.05) is 31.4 Å². The zero-order valence-electron chi connectivity index (χ0n) is 12.6. The maximum atomic E-state index is 11.1. The zero-order chi connectivity index (χ0) is 15.4. The molecule has 0 fully saturated rings. The Morgan fingerprint density at radius 3 is 2.71 bits per heavy atom. The van der Waals surface area contributed by atoms with Crippen LogP contribution < -0.4 is 10.3 Å². The van der Waals surface area contributed by atoms with Crippen molar-refractivity contribution >= 4 is 12.2 Å². The molecule has 0 aliphatic carbocycles. The van der Waals surface area contributed by atoms with Crippen molar-refractivity contribution in [3.8, 4) is 5.75 Å². The fourth-order valence-electron chi connectivity index (χ4n) is 2.12. The highest BCUT2D eigenvalue weighted by molar-refractivity contribution is 7.71. The predicted molar refractivity (Wildman–Crippen MR) is 86.5 cm³/mol. The van der Waals surface area contributed by atoms with Crippen molar-refractivity contribution in [3.05, 3.63) is 56.7 Å². The molecule has 2 rings (SSSR count). The van der Waals surface area contributed by atoms with Crippen molar-refractivity contribution < 1.29 is 4.74 Å². The average molecular weight is 304 g/mol. The van der Waals surface area contributed by atoms with Crippen molar-refractivity contribution in [2.24, 2.45) is 0 Å². The van der Waals surface area contributed by atoms with E-state index in [0.29, 0.717) is 4.77 Å². The molecule has 0 spiro atoms. The number of ether oxygens (including phenoxy) is 1. The maximum Gasteiger partial charge on any atom is 0.251 e. The summed E-state index contributed by atoms with van der Waals surface area (Å²) in [5.74, 6) is 0.925.